The average Bonchev–Trinajstić information content (AvgIpc) is 3.18. The maximum absolute atomic E-state index is 11.8. The smallest absolute Gasteiger partial charge is 0.226 e. The Bertz CT molecular complexity index is 672. The molecule has 1 N–H and O–H groups in total. The topological polar surface area (TPSA) is 55.1 Å². The Morgan fingerprint density at radius 1 is 1.35 bits per heavy atom. The second-order valence-corrected chi connectivity index (χ2v) is 5.83. The highest BCUT2D eigenvalue weighted by Gasteiger charge is 2.09. The highest BCUT2D eigenvalue weighted by Crippen LogP contribution is 2.25. The molecule has 0 unspecified atom stereocenters. The summed E-state index contributed by atoms with van der Waals surface area (Å²) in [6.07, 6.45) is 1.89. The van der Waals surface area contributed by atoms with Crippen LogP contribution in [0.25, 0.3) is 10.6 Å². The van der Waals surface area contributed by atoms with Crippen LogP contribution in [0.3, 0.4) is 0 Å². The molecule has 3 aromatic heterocycles. The van der Waals surface area contributed by atoms with Crippen LogP contribution in [0.1, 0.15) is 11.5 Å². The Morgan fingerprint density at radius 2 is 2.30 bits per heavy atom. The number of furan rings is 1. The fourth-order valence-electron chi connectivity index (χ4n) is 1.73. The molecule has 3 heterocycles. The first-order chi connectivity index (χ1) is 9.81. The van der Waals surface area contributed by atoms with Gasteiger partial charge in [0, 0.05) is 16.3 Å². The summed E-state index contributed by atoms with van der Waals surface area (Å²) in [5.74, 6) is 0.694. The molecule has 0 aliphatic carbocycles. The number of hydrogen-bond acceptors (Lipinski definition) is 5. The zero-order valence-corrected chi connectivity index (χ0v) is 12.2. The van der Waals surface area contributed by atoms with Gasteiger partial charge >= 0.3 is 0 Å². The van der Waals surface area contributed by atoms with Crippen molar-refractivity contribution in [3.05, 3.63) is 52.1 Å². The molecule has 1 amide bonds. The van der Waals surface area contributed by atoms with Crippen molar-refractivity contribution in [3.63, 3.8) is 0 Å². The summed E-state index contributed by atoms with van der Waals surface area (Å²) >= 11 is 3.20. The van der Waals surface area contributed by atoms with Crippen LogP contribution >= 0.6 is 22.7 Å². The predicted molar refractivity (Wildman–Crippen MR) is 79.7 cm³/mol. The predicted octanol–water partition coefficient (Wildman–Crippen LogP) is 3.32. The Labute approximate surface area is 124 Å². The minimum absolute atomic E-state index is 0.0523. The third kappa shape index (κ3) is 3.15. The van der Waals surface area contributed by atoms with Crippen molar-refractivity contribution in [1.29, 1.82) is 0 Å². The van der Waals surface area contributed by atoms with Gasteiger partial charge < -0.3 is 9.73 Å². The zero-order chi connectivity index (χ0) is 13.8. The lowest BCUT2D eigenvalue weighted by molar-refractivity contribution is -0.120. The largest absolute Gasteiger partial charge is 0.467 e. The summed E-state index contributed by atoms with van der Waals surface area (Å²) in [5, 5.41) is 9.78. The van der Waals surface area contributed by atoms with E-state index in [1.165, 1.54) is 0 Å². The number of nitrogens with zero attached hydrogens (tertiary/aromatic N) is 1. The highest BCUT2D eigenvalue weighted by molar-refractivity contribution is 7.14. The molecule has 0 aliphatic heterocycles. The SMILES string of the molecule is O=C(Cc1csc(-c2ccsc2)n1)NCc1ccco1. The fourth-order valence-corrected chi connectivity index (χ4v) is 3.26. The van der Waals surface area contributed by atoms with Crippen LogP contribution < -0.4 is 5.32 Å². The number of aromatic nitrogens is 1. The highest BCUT2D eigenvalue weighted by atomic mass is 32.1. The Kier molecular flexibility index (Phi) is 3.94. The van der Waals surface area contributed by atoms with Crippen molar-refractivity contribution >= 4 is 28.6 Å². The first kappa shape index (κ1) is 13.1. The normalized spacial score (nSPS) is 10.6. The van der Waals surface area contributed by atoms with Gasteiger partial charge in [-0.1, -0.05) is 0 Å². The molecule has 0 aliphatic rings. The maximum atomic E-state index is 11.8. The number of thiazole rings is 1. The lowest BCUT2D eigenvalue weighted by Gasteiger charge is -2.01. The molecule has 0 fully saturated rings. The van der Waals surface area contributed by atoms with E-state index in [-0.39, 0.29) is 5.91 Å². The van der Waals surface area contributed by atoms with Crippen LogP contribution in [0.2, 0.25) is 0 Å². The van der Waals surface area contributed by atoms with E-state index in [0.717, 1.165) is 22.0 Å². The van der Waals surface area contributed by atoms with Crippen molar-refractivity contribution in [3.8, 4) is 10.6 Å². The third-order valence-electron chi connectivity index (χ3n) is 2.70. The van der Waals surface area contributed by atoms with E-state index < -0.39 is 0 Å². The van der Waals surface area contributed by atoms with Crippen molar-refractivity contribution in [2.75, 3.05) is 0 Å². The number of rotatable bonds is 5. The van der Waals surface area contributed by atoms with Crippen LogP contribution in [0.4, 0.5) is 0 Å². The van der Waals surface area contributed by atoms with E-state index >= 15 is 0 Å². The first-order valence-corrected chi connectivity index (χ1v) is 7.89. The van der Waals surface area contributed by atoms with Crippen molar-refractivity contribution < 1.29 is 9.21 Å². The van der Waals surface area contributed by atoms with Gasteiger partial charge in [0.1, 0.15) is 10.8 Å². The zero-order valence-electron chi connectivity index (χ0n) is 10.5. The molecule has 0 radical (unpaired) electrons. The molecule has 0 spiro atoms. The third-order valence-corrected chi connectivity index (χ3v) is 4.32. The van der Waals surface area contributed by atoms with Crippen molar-refractivity contribution in [2.24, 2.45) is 0 Å². The molecule has 0 saturated carbocycles. The molecule has 0 atom stereocenters. The molecule has 6 heteroatoms. The Balaban J connectivity index is 1.56. The molecule has 3 aromatic rings. The number of nitrogens with one attached hydrogen (secondary N) is 1. The van der Waals surface area contributed by atoms with Gasteiger partial charge in [-0.05, 0) is 23.6 Å². The Hall–Kier alpha value is -1.92. The van der Waals surface area contributed by atoms with Crippen LogP contribution in [0.15, 0.2) is 45.0 Å². The Morgan fingerprint density at radius 3 is 3.05 bits per heavy atom. The average molecular weight is 304 g/mol. The summed E-state index contributed by atoms with van der Waals surface area (Å²) in [6, 6.07) is 5.66. The molecule has 4 nitrogen and oxygen atoms in total. The molecular weight excluding hydrogens is 292 g/mol. The second-order valence-electron chi connectivity index (χ2n) is 4.19. The van der Waals surface area contributed by atoms with Crippen LogP contribution in [0, 0.1) is 0 Å². The standard InChI is InChI=1S/C14H12N2O2S2/c17-13(15-7-12-2-1-4-18-12)6-11-9-20-14(16-11)10-3-5-19-8-10/h1-5,8-9H,6-7H2,(H,15,17). The molecule has 0 saturated heterocycles. The molecule has 0 aromatic carbocycles. The quantitative estimate of drug-likeness (QED) is 0.786. The molecule has 102 valence electrons. The van der Waals surface area contributed by atoms with Gasteiger partial charge in [0.2, 0.25) is 5.91 Å². The van der Waals surface area contributed by atoms with Crippen LogP contribution in [-0.4, -0.2) is 10.9 Å². The summed E-state index contributed by atoms with van der Waals surface area (Å²) in [4.78, 5) is 16.3. The molecule has 3 rings (SSSR count). The first-order valence-electron chi connectivity index (χ1n) is 6.07. The van der Waals surface area contributed by atoms with E-state index in [1.807, 2.05) is 22.9 Å². The number of carbonyl (C=O) groups excluding carboxylic acids is 1. The van der Waals surface area contributed by atoms with E-state index in [9.17, 15) is 4.79 Å². The number of thiophene rings is 1. The van der Waals surface area contributed by atoms with E-state index in [2.05, 4.69) is 15.7 Å². The monoisotopic (exact) mass is 304 g/mol. The van der Waals surface area contributed by atoms with E-state index in [0.29, 0.717) is 13.0 Å². The minimum atomic E-state index is -0.0523. The summed E-state index contributed by atoms with van der Waals surface area (Å²) in [6.45, 7) is 0.410. The van der Waals surface area contributed by atoms with Gasteiger partial charge in [0.05, 0.1) is 24.9 Å². The van der Waals surface area contributed by atoms with Crippen LogP contribution in [-0.2, 0) is 17.8 Å². The van der Waals surface area contributed by atoms with Gasteiger partial charge in [-0.3, -0.25) is 4.79 Å². The van der Waals surface area contributed by atoms with Crippen molar-refractivity contribution in [2.45, 2.75) is 13.0 Å². The van der Waals surface area contributed by atoms with Gasteiger partial charge in [-0.15, -0.1) is 11.3 Å². The van der Waals surface area contributed by atoms with Gasteiger partial charge in [0.25, 0.3) is 0 Å². The fraction of sp³-hybridized carbons (Fsp3) is 0.143. The van der Waals surface area contributed by atoms with Gasteiger partial charge in [0.15, 0.2) is 0 Å². The van der Waals surface area contributed by atoms with E-state index in [1.54, 1.807) is 35.0 Å². The van der Waals surface area contributed by atoms with Crippen molar-refractivity contribution in [1.82, 2.24) is 10.3 Å². The van der Waals surface area contributed by atoms with Gasteiger partial charge in [-0.25, -0.2) is 4.98 Å². The van der Waals surface area contributed by atoms with Crippen LogP contribution in [0.5, 0.6) is 0 Å². The molecular formula is C14H12N2O2S2. The lowest BCUT2D eigenvalue weighted by Crippen LogP contribution is -2.24. The maximum Gasteiger partial charge on any atom is 0.226 e. The number of hydrogen-bond donors (Lipinski definition) is 1. The summed E-state index contributed by atoms with van der Waals surface area (Å²) in [7, 11) is 0. The minimum Gasteiger partial charge on any atom is -0.467 e. The molecule has 20 heavy (non-hydrogen) atoms. The summed E-state index contributed by atoms with van der Waals surface area (Å²) in [5.41, 5.74) is 1.91. The number of amides is 1. The van der Waals surface area contributed by atoms with Gasteiger partial charge in [-0.2, -0.15) is 11.3 Å². The molecule has 0 bridgehead atoms. The summed E-state index contributed by atoms with van der Waals surface area (Å²) < 4.78 is 5.16. The lowest BCUT2D eigenvalue weighted by atomic mass is 10.3. The van der Waals surface area contributed by atoms with E-state index in [4.69, 9.17) is 4.42 Å². The second kappa shape index (κ2) is 6.02. The number of carbonyl (C=O) groups is 1.